The van der Waals surface area contributed by atoms with Gasteiger partial charge >= 0.3 is 0 Å². The van der Waals surface area contributed by atoms with Crippen molar-refractivity contribution in [2.45, 2.75) is 13.0 Å². The van der Waals surface area contributed by atoms with Crippen molar-refractivity contribution < 1.29 is 14.2 Å². The molecule has 0 aromatic heterocycles. The second-order valence-electron chi connectivity index (χ2n) is 6.71. The lowest BCUT2D eigenvalue weighted by molar-refractivity contribution is 0.347. The third kappa shape index (κ3) is 4.83. The first-order valence-electron chi connectivity index (χ1n) is 9.69. The molecule has 154 valence electrons. The molecule has 0 spiro atoms. The Hall–Kier alpha value is -3.15. The van der Waals surface area contributed by atoms with E-state index in [0.717, 1.165) is 36.8 Å². The molecule has 0 saturated heterocycles. The Bertz CT molecular complexity index is 878. The van der Waals surface area contributed by atoms with E-state index in [2.05, 4.69) is 45.6 Å². The maximum atomic E-state index is 5.52. The number of guanidine groups is 1. The third-order valence-electron chi connectivity index (χ3n) is 5.09. The molecular weight excluding hydrogens is 366 g/mol. The zero-order valence-electron chi connectivity index (χ0n) is 17.6. The van der Waals surface area contributed by atoms with Gasteiger partial charge in [0.1, 0.15) is 5.75 Å². The first-order valence-corrected chi connectivity index (χ1v) is 9.69. The van der Waals surface area contributed by atoms with Crippen LogP contribution in [0.4, 0.5) is 0 Å². The Morgan fingerprint density at radius 2 is 1.69 bits per heavy atom. The molecule has 0 unspecified atom stereocenters. The van der Waals surface area contributed by atoms with E-state index in [-0.39, 0.29) is 0 Å². The van der Waals surface area contributed by atoms with Gasteiger partial charge in [-0.05, 0) is 23.6 Å². The standard InChI is InChI=1S/C23H29N3O3/c1-24-23(26-12-10-18(11-13-26)17-8-6-5-7-9-17)25-16-19-14-21(28-3)22(29-4)15-20(19)27-2/h5-10,14-15H,11-13,16H2,1-4H3,(H,24,25). The van der Waals surface area contributed by atoms with Crippen LogP contribution in [0.5, 0.6) is 17.2 Å². The first-order chi connectivity index (χ1) is 14.2. The quantitative estimate of drug-likeness (QED) is 0.599. The molecule has 1 heterocycles. The predicted octanol–water partition coefficient (Wildman–Crippen LogP) is 3.58. The summed E-state index contributed by atoms with van der Waals surface area (Å²) in [6.45, 7) is 2.32. The summed E-state index contributed by atoms with van der Waals surface area (Å²) in [5, 5.41) is 3.44. The van der Waals surface area contributed by atoms with E-state index >= 15 is 0 Å². The van der Waals surface area contributed by atoms with E-state index in [9.17, 15) is 0 Å². The Kier molecular flexibility index (Phi) is 7.00. The smallest absolute Gasteiger partial charge is 0.194 e. The van der Waals surface area contributed by atoms with Crippen LogP contribution in [0, 0.1) is 0 Å². The van der Waals surface area contributed by atoms with Gasteiger partial charge in [-0.1, -0.05) is 36.4 Å². The predicted molar refractivity (Wildman–Crippen MR) is 117 cm³/mol. The molecule has 0 aliphatic carbocycles. The average molecular weight is 396 g/mol. The topological polar surface area (TPSA) is 55.3 Å². The maximum Gasteiger partial charge on any atom is 0.194 e. The second-order valence-corrected chi connectivity index (χ2v) is 6.71. The minimum atomic E-state index is 0.571. The van der Waals surface area contributed by atoms with Crippen molar-refractivity contribution in [3.05, 3.63) is 59.7 Å². The highest BCUT2D eigenvalue weighted by Crippen LogP contribution is 2.34. The Balaban J connectivity index is 1.68. The lowest BCUT2D eigenvalue weighted by Crippen LogP contribution is -2.43. The van der Waals surface area contributed by atoms with E-state index in [1.54, 1.807) is 21.3 Å². The van der Waals surface area contributed by atoms with Crippen molar-refractivity contribution in [2.24, 2.45) is 4.99 Å². The molecule has 2 aromatic carbocycles. The summed E-state index contributed by atoms with van der Waals surface area (Å²) >= 11 is 0. The molecule has 0 radical (unpaired) electrons. The van der Waals surface area contributed by atoms with Gasteiger partial charge < -0.3 is 24.4 Å². The molecule has 1 aliphatic heterocycles. The van der Waals surface area contributed by atoms with Crippen molar-refractivity contribution in [3.8, 4) is 17.2 Å². The molecule has 0 atom stereocenters. The molecule has 29 heavy (non-hydrogen) atoms. The molecule has 0 saturated carbocycles. The van der Waals surface area contributed by atoms with Gasteiger partial charge in [-0.3, -0.25) is 4.99 Å². The summed E-state index contributed by atoms with van der Waals surface area (Å²) in [5.74, 6) is 2.93. The largest absolute Gasteiger partial charge is 0.496 e. The number of benzene rings is 2. The zero-order valence-corrected chi connectivity index (χ0v) is 17.6. The summed E-state index contributed by atoms with van der Waals surface area (Å²) in [5.41, 5.74) is 3.66. The highest BCUT2D eigenvalue weighted by Gasteiger charge is 2.17. The van der Waals surface area contributed by atoms with Gasteiger partial charge in [-0.2, -0.15) is 0 Å². The van der Waals surface area contributed by atoms with Crippen LogP contribution in [0.15, 0.2) is 53.5 Å². The fourth-order valence-corrected chi connectivity index (χ4v) is 3.51. The normalized spacial score (nSPS) is 14.3. The van der Waals surface area contributed by atoms with Crippen LogP contribution < -0.4 is 19.5 Å². The van der Waals surface area contributed by atoms with Crippen molar-refractivity contribution in [3.63, 3.8) is 0 Å². The maximum absolute atomic E-state index is 5.52. The second kappa shape index (κ2) is 9.87. The fourth-order valence-electron chi connectivity index (χ4n) is 3.51. The number of aliphatic imine (C=N–C) groups is 1. The Labute approximate surface area is 172 Å². The number of rotatable bonds is 6. The summed E-state index contributed by atoms with van der Waals surface area (Å²) in [6.07, 6.45) is 3.27. The summed E-state index contributed by atoms with van der Waals surface area (Å²) in [6, 6.07) is 14.3. The van der Waals surface area contributed by atoms with Gasteiger partial charge in [-0.15, -0.1) is 0 Å². The van der Waals surface area contributed by atoms with Gasteiger partial charge in [0, 0.05) is 38.3 Å². The minimum absolute atomic E-state index is 0.571. The van der Waals surface area contributed by atoms with Gasteiger partial charge in [0.2, 0.25) is 0 Å². The zero-order chi connectivity index (χ0) is 20.6. The first kappa shape index (κ1) is 20.6. The van der Waals surface area contributed by atoms with Crippen molar-refractivity contribution in [1.29, 1.82) is 0 Å². The lowest BCUT2D eigenvalue weighted by atomic mass is 10.00. The number of methoxy groups -OCH3 is 3. The van der Waals surface area contributed by atoms with Gasteiger partial charge in [0.25, 0.3) is 0 Å². The van der Waals surface area contributed by atoms with Crippen molar-refractivity contribution in [1.82, 2.24) is 10.2 Å². The van der Waals surface area contributed by atoms with E-state index in [4.69, 9.17) is 14.2 Å². The number of hydrogen-bond donors (Lipinski definition) is 1. The molecule has 6 nitrogen and oxygen atoms in total. The Morgan fingerprint density at radius 1 is 1.00 bits per heavy atom. The highest BCUT2D eigenvalue weighted by atomic mass is 16.5. The SMILES string of the molecule is CN=C(NCc1cc(OC)c(OC)cc1OC)N1CC=C(c2ccccc2)CC1. The van der Waals surface area contributed by atoms with Gasteiger partial charge in [0.15, 0.2) is 17.5 Å². The Morgan fingerprint density at radius 3 is 2.28 bits per heavy atom. The number of nitrogens with zero attached hydrogens (tertiary/aromatic N) is 2. The third-order valence-corrected chi connectivity index (χ3v) is 5.09. The average Bonchev–Trinajstić information content (AvgIpc) is 2.80. The molecule has 0 bridgehead atoms. The summed E-state index contributed by atoms with van der Waals surface area (Å²) < 4.78 is 16.3. The van der Waals surface area contributed by atoms with Crippen LogP contribution in [0.1, 0.15) is 17.5 Å². The van der Waals surface area contributed by atoms with E-state index in [1.165, 1.54) is 11.1 Å². The van der Waals surface area contributed by atoms with E-state index in [0.29, 0.717) is 18.0 Å². The summed E-state index contributed by atoms with van der Waals surface area (Å²) in [4.78, 5) is 6.71. The van der Waals surface area contributed by atoms with Crippen LogP contribution in [-0.2, 0) is 6.54 Å². The number of hydrogen-bond acceptors (Lipinski definition) is 4. The minimum Gasteiger partial charge on any atom is -0.496 e. The molecule has 0 amide bonds. The fraction of sp³-hybridized carbons (Fsp3) is 0.348. The molecule has 0 fully saturated rings. The number of ether oxygens (including phenoxy) is 3. The highest BCUT2D eigenvalue weighted by molar-refractivity contribution is 5.81. The summed E-state index contributed by atoms with van der Waals surface area (Å²) in [7, 11) is 6.71. The molecule has 6 heteroatoms. The van der Waals surface area contributed by atoms with Crippen LogP contribution in [0.25, 0.3) is 5.57 Å². The van der Waals surface area contributed by atoms with Crippen LogP contribution >= 0.6 is 0 Å². The van der Waals surface area contributed by atoms with E-state index in [1.807, 2.05) is 25.2 Å². The van der Waals surface area contributed by atoms with Crippen LogP contribution in [0.3, 0.4) is 0 Å². The molecule has 3 rings (SSSR count). The van der Waals surface area contributed by atoms with E-state index < -0.39 is 0 Å². The number of nitrogens with one attached hydrogen (secondary N) is 1. The van der Waals surface area contributed by atoms with Crippen molar-refractivity contribution >= 4 is 11.5 Å². The molecule has 2 aromatic rings. The molecule has 1 aliphatic rings. The van der Waals surface area contributed by atoms with Gasteiger partial charge in [0.05, 0.1) is 21.3 Å². The molecular formula is C23H29N3O3. The lowest BCUT2D eigenvalue weighted by Gasteiger charge is -2.30. The van der Waals surface area contributed by atoms with Crippen LogP contribution in [-0.4, -0.2) is 52.3 Å². The molecule has 1 N–H and O–H groups in total. The van der Waals surface area contributed by atoms with Crippen LogP contribution in [0.2, 0.25) is 0 Å². The monoisotopic (exact) mass is 395 g/mol. The van der Waals surface area contributed by atoms with Crippen molar-refractivity contribution in [2.75, 3.05) is 41.5 Å². The van der Waals surface area contributed by atoms with Gasteiger partial charge in [-0.25, -0.2) is 0 Å².